The lowest BCUT2D eigenvalue weighted by Gasteiger charge is -2.15. The molecule has 0 saturated carbocycles. The van der Waals surface area contributed by atoms with Gasteiger partial charge in [0.1, 0.15) is 6.61 Å². The fraction of sp³-hybridized carbons (Fsp3) is 0.643. The lowest BCUT2D eigenvalue weighted by atomic mass is 10.0. The predicted molar refractivity (Wildman–Crippen MR) is 265 cm³/mol. The van der Waals surface area contributed by atoms with Crippen LogP contribution in [0.3, 0.4) is 0 Å². The second-order valence-electron chi connectivity index (χ2n) is 16.2. The monoisotopic (exact) mass is 845 g/mol. The number of unbranched alkanes of at least 4 members (excludes halogenated alkanes) is 18. The van der Waals surface area contributed by atoms with E-state index < -0.39 is 6.10 Å². The van der Waals surface area contributed by atoms with E-state index in [4.69, 9.17) is 9.47 Å². The Balaban J connectivity index is 3.54. The van der Waals surface area contributed by atoms with Gasteiger partial charge in [0.25, 0.3) is 0 Å². The van der Waals surface area contributed by atoms with E-state index in [9.17, 15) is 14.7 Å². The van der Waals surface area contributed by atoms with Crippen LogP contribution in [0, 0.1) is 0 Å². The number of rotatable bonds is 44. The van der Waals surface area contributed by atoms with Gasteiger partial charge in [-0.1, -0.05) is 213 Å². The summed E-state index contributed by atoms with van der Waals surface area (Å²) in [7, 11) is 0. The first-order valence-electron chi connectivity index (χ1n) is 24.9. The molecule has 1 N–H and O–H groups in total. The molecule has 0 rings (SSSR count). The van der Waals surface area contributed by atoms with Crippen LogP contribution in [-0.2, 0) is 19.1 Å². The van der Waals surface area contributed by atoms with Crippen LogP contribution in [0.5, 0.6) is 0 Å². The minimum Gasteiger partial charge on any atom is -0.462 e. The van der Waals surface area contributed by atoms with Gasteiger partial charge in [-0.2, -0.15) is 0 Å². The molecule has 0 aromatic heterocycles. The summed E-state index contributed by atoms with van der Waals surface area (Å²) in [5, 5.41) is 9.57. The molecule has 0 radical (unpaired) electrons. The third kappa shape index (κ3) is 49.1. The molecule has 61 heavy (non-hydrogen) atoms. The van der Waals surface area contributed by atoms with E-state index in [2.05, 4.69) is 123 Å². The third-order valence-corrected chi connectivity index (χ3v) is 10.3. The van der Waals surface area contributed by atoms with Gasteiger partial charge in [0.05, 0.1) is 6.61 Å². The van der Waals surface area contributed by atoms with E-state index in [1.807, 2.05) is 0 Å². The van der Waals surface area contributed by atoms with Crippen LogP contribution in [-0.4, -0.2) is 36.4 Å². The first-order chi connectivity index (χ1) is 30.1. The van der Waals surface area contributed by atoms with Crippen molar-refractivity contribution in [3.05, 3.63) is 109 Å². The van der Waals surface area contributed by atoms with Crippen molar-refractivity contribution in [1.82, 2.24) is 0 Å². The SMILES string of the molecule is CC/C=C\C/C=C\C/C=C\C/C=C\C/C=C\C/C=C\C/C=C\C/C=C\CCCCCCCCCCCCCCC(=O)OC(CO)COC(=O)CCCCCCC/C=C\CCC. The molecular weight excluding hydrogens is 753 g/mol. The molecule has 0 aliphatic rings. The number of allylic oxidation sites excluding steroid dienone is 18. The summed E-state index contributed by atoms with van der Waals surface area (Å²) in [5.41, 5.74) is 0. The van der Waals surface area contributed by atoms with Gasteiger partial charge in [-0.25, -0.2) is 0 Å². The molecule has 0 heterocycles. The van der Waals surface area contributed by atoms with Gasteiger partial charge in [0.15, 0.2) is 6.10 Å². The Kier molecular flexibility index (Phi) is 48.0. The molecule has 346 valence electrons. The Morgan fingerprint density at radius 1 is 0.393 bits per heavy atom. The number of aliphatic hydroxyl groups excluding tert-OH is 1. The fourth-order valence-electron chi connectivity index (χ4n) is 6.57. The van der Waals surface area contributed by atoms with Gasteiger partial charge >= 0.3 is 11.9 Å². The van der Waals surface area contributed by atoms with Crippen LogP contribution in [0.15, 0.2) is 109 Å². The van der Waals surface area contributed by atoms with Crippen molar-refractivity contribution in [3.8, 4) is 0 Å². The topological polar surface area (TPSA) is 72.8 Å². The van der Waals surface area contributed by atoms with Crippen molar-refractivity contribution in [2.24, 2.45) is 0 Å². The standard InChI is InChI=1S/C56H92O5/c1-3-5-7-9-11-13-15-16-17-18-19-20-21-22-23-24-25-26-27-28-29-30-31-32-33-34-35-36-37-38-39-40-41-43-45-47-49-51-56(59)61-54(52-57)53-60-55(58)50-48-46-44-42-14-12-10-8-6-4-2/h5,7-8,10-11,13,16-17,19-20,22-23,25-26,28-29,31-32,54,57H,3-4,6,9,12,14-15,18,21,24,27,30,33-53H2,1-2H3/b7-5-,10-8-,13-11-,17-16-,20-19-,23-22-,26-25-,29-28-,32-31-. The zero-order valence-electron chi connectivity index (χ0n) is 39.4. The highest BCUT2D eigenvalue weighted by molar-refractivity contribution is 5.70. The lowest BCUT2D eigenvalue weighted by molar-refractivity contribution is -0.161. The van der Waals surface area contributed by atoms with E-state index in [-0.39, 0.29) is 25.2 Å². The molecule has 0 fully saturated rings. The zero-order chi connectivity index (χ0) is 44.2. The van der Waals surface area contributed by atoms with Crippen molar-refractivity contribution >= 4 is 11.9 Å². The summed E-state index contributed by atoms with van der Waals surface area (Å²) in [6.07, 6.45) is 73.4. The Morgan fingerprint density at radius 3 is 1.08 bits per heavy atom. The highest BCUT2D eigenvalue weighted by atomic mass is 16.6. The molecule has 0 saturated heterocycles. The Hall–Kier alpha value is -3.44. The molecular formula is C56H92O5. The van der Waals surface area contributed by atoms with Gasteiger partial charge in [-0.05, 0) is 96.3 Å². The molecule has 0 aliphatic heterocycles. The molecule has 5 heteroatoms. The van der Waals surface area contributed by atoms with Crippen molar-refractivity contribution < 1.29 is 24.2 Å². The third-order valence-electron chi connectivity index (χ3n) is 10.3. The van der Waals surface area contributed by atoms with Crippen LogP contribution < -0.4 is 0 Å². The maximum atomic E-state index is 12.2. The highest BCUT2D eigenvalue weighted by Crippen LogP contribution is 2.14. The average Bonchev–Trinajstić information content (AvgIpc) is 3.26. The van der Waals surface area contributed by atoms with Gasteiger partial charge in [0, 0.05) is 12.8 Å². The Labute approximate surface area is 376 Å². The van der Waals surface area contributed by atoms with Gasteiger partial charge in [0.2, 0.25) is 0 Å². The van der Waals surface area contributed by atoms with Gasteiger partial charge < -0.3 is 14.6 Å². The number of esters is 2. The quantitative estimate of drug-likeness (QED) is 0.0376. The number of aliphatic hydroxyl groups is 1. The van der Waals surface area contributed by atoms with E-state index in [1.165, 1.54) is 83.5 Å². The Bertz CT molecular complexity index is 1230. The molecule has 1 atom stereocenters. The normalized spacial score (nSPS) is 13.2. The van der Waals surface area contributed by atoms with E-state index in [0.29, 0.717) is 12.8 Å². The number of hydrogen-bond donors (Lipinski definition) is 1. The molecule has 0 spiro atoms. The first kappa shape index (κ1) is 57.6. The summed E-state index contributed by atoms with van der Waals surface area (Å²) < 4.78 is 10.6. The predicted octanol–water partition coefficient (Wildman–Crippen LogP) is 16.6. The number of carbonyl (C=O) groups is 2. The number of ether oxygens (including phenoxy) is 2. The zero-order valence-corrected chi connectivity index (χ0v) is 39.4. The van der Waals surface area contributed by atoms with E-state index >= 15 is 0 Å². The summed E-state index contributed by atoms with van der Waals surface area (Å²) in [6, 6.07) is 0. The highest BCUT2D eigenvalue weighted by Gasteiger charge is 2.16. The molecule has 0 amide bonds. The second-order valence-corrected chi connectivity index (χ2v) is 16.2. The second kappa shape index (κ2) is 50.9. The smallest absolute Gasteiger partial charge is 0.306 e. The van der Waals surface area contributed by atoms with Gasteiger partial charge in [-0.15, -0.1) is 0 Å². The minimum atomic E-state index is -0.780. The molecule has 0 aliphatic carbocycles. The minimum absolute atomic E-state index is 0.0751. The maximum Gasteiger partial charge on any atom is 0.306 e. The molecule has 0 bridgehead atoms. The lowest BCUT2D eigenvalue weighted by Crippen LogP contribution is -2.28. The molecule has 1 unspecified atom stereocenters. The van der Waals surface area contributed by atoms with Crippen LogP contribution in [0.4, 0.5) is 0 Å². The summed E-state index contributed by atoms with van der Waals surface area (Å²) in [5.74, 6) is -0.611. The van der Waals surface area contributed by atoms with E-state index in [1.54, 1.807) is 0 Å². The summed E-state index contributed by atoms with van der Waals surface area (Å²) in [4.78, 5) is 24.3. The van der Waals surface area contributed by atoms with Gasteiger partial charge in [-0.3, -0.25) is 9.59 Å². The molecule has 0 aromatic rings. The van der Waals surface area contributed by atoms with Crippen molar-refractivity contribution in [2.75, 3.05) is 13.2 Å². The largest absolute Gasteiger partial charge is 0.462 e. The van der Waals surface area contributed by atoms with Crippen molar-refractivity contribution in [2.45, 2.75) is 219 Å². The molecule has 5 nitrogen and oxygen atoms in total. The maximum absolute atomic E-state index is 12.2. The first-order valence-corrected chi connectivity index (χ1v) is 24.9. The Morgan fingerprint density at radius 2 is 0.705 bits per heavy atom. The van der Waals surface area contributed by atoms with Crippen molar-refractivity contribution in [3.63, 3.8) is 0 Å². The van der Waals surface area contributed by atoms with Crippen LogP contribution >= 0.6 is 0 Å². The van der Waals surface area contributed by atoms with E-state index in [0.717, 1.165) is 103 Å². The van der Waals surface area contributed by atoms with Crippen LogP contribution in [0.2, 0.25) is 0 Å². The average molecular weight is 845 g/mol. The molecule has 0 aromatic carbocycles. The summed E-state index contributed by atoms with van der Waals surface area (Å²) in [6.45, 7) is 3.94. The fourth-order valence-corrected chi connectivity index (χ4v) is 6.57. The van der Waals surface area contributed by atoms with Crippen LogP contribution in [0.1, 0.15) is 213 Å². The number of hydrogen-bond acceptors (Lipinski definition) is 5. The van der Waals surface area contributed by atoms with Crippen molar-refractivity contribution in [1.29, 1.82) is 0 Å². The summed E-state index contributed by atoms with van der Waals surface area (Å²) >= 11 is 0. The van der Waals surface area contributed by atoms with Crippen LogP contribution in [0.25, 0.3) is 0 Å². The number of carbonyl (C=O) groups excluding carboxylic acids is 2.